The Hall–Kier alpha value is -2.86. The molecule has 0 radical (unpaired) electrons. The molecule has 0 saturated heterocycles. The number of carbonyl (C=O) groups excluding carboxylic acids is 2. The first-order valence-electron chi connectivity index (χ1n) is 12.5. The van der Waals surface area contributed by atoms with E-state index in [0.717, 1.165) is 72.2 Å². The molecule has 184 valence electrons. The predicted octanol–water partition coefficient (Wildman–Crippen LogP) is 6.51. The van der Waals surface area contributed by atoms with Crippen molar-refractivity contribution in [1.82, 2.24) is 9.55 Å². The molecule has 5 rings (SSSR count). The van der Waals surface area contributed by atoms with Gasteiger partial charge in [-0.25, -0.2) is 9.78 Å². The van der Waals surface area contributed by atoms with Crippen LogP contribution in [0.5, 0.6) is 0 Å². The molecule has 35 heavy (non-hydrogen) atoms. The monoisotopic (exact) mass is 493 g/mol. The standard InChI is InChI=1S/C28H32ClN3O3/c1-17-7-12-23-24(31(17)28(34)35-3)13-14-25-27(23)30-26(15-19-8-10-21(29)11-9-19)32(25)22-6-4-5-20(16-22)18(2)33/h8-11,13-14,17,20,22H,4-7,12,15-16H2,1-3H3/t17-,20+,22+/m0/s1. The summed E-state index contributed by atoms with van der Waals surface area (Å²) in [5.41, 5.74) is 5.17. The molecule has 3 atom stereocenters. The first kappa shape index (κ1) is 23.9. The van der Waals surface area contributed by atoms with Crippen LogP contribution in [0.2, 0.25) is 5.02 Å². The largest absolute Gasteiger partial charge is 0.452 e. The highest BCUT2D eigenvalue weighted by molar-refractivity contribution is 6.30. The van der Waals surface area contributed by atoms with Gasteiger partial charge < -0.3 is 9.30 Å². The van der Waals surface area contributed by atoms with E-state index in [1.807, 2.05) is 30.3 Å². The van der Waals surface area contributed by atoms with E-state index in [1.165, 1.54) is 7.11 Å². The second-order valence-corrected chi connectivity index (χ2v) is 10.4. The summed E-state index contributed by atoms with van der Waals surface area (Å²) in [5.74, 6) is 1.37. The third-order valence-corrected chi connectivity index (χ3v) is 8.01. The molecule has 0 spiro atoms. The van der Waals surface area contributed by atoms with Crippen LogP contribution < -0.4 is 4.90 Å². The van der Waals surface area contributed by atoms with Gasteiger partial charge in [-0.3, -0.25) is 9.69 Å². The number of rotatable bonds is 4. The zero-order chi connectivity index (χ0) is 24.7. The molecule has 1 aliphatic heterocycles. The van der Waals surface area contributed by atoms with E-state index >= 15 is 0 Å². The number of ketones is 1. The maximum Gasteiger partial charge on any atom is 0.414 e. The Bertz CT molecular complexity index is 1270. The molecule has 0 unspecified atom stereocenters. The molecule has 1 aromatic heterocycles. The Morgan fingerprint density at radius 2 is 1.89 bits per heavy atom. The van der Waals surface area contributed by atoms with E-state index in [2.05, 4.69) is 17.6 Å². The van der Waals surface area contributed by atoms with Crippen molar-refractivity contribution < 1.29 is 14.3 Å². The number of ether oxygens (including phenoxy) is 1. The van der Waals surface area contributed by atoms with Gasteiger partial charge in [0.05, 0.1) is 23.8 Å². The van der Waals surface area contributed by atoms with Gasteiger partial charge in [-0.05, 0) is 75.8 Å². The Labute approximate surface area is 211 Å². The number of carbonyl (C=O) groups is 2. The molecule has 0 N–H and O–H groups in total. The molecule has 2 aliphatic rings. The zero-order valence-corrected chi connectivity index (χ0v) is 21.3. The number of hydrogen-bond acceptors (Lipinski definition) is 4. The Balaban J connectivity index is 1.65. The minimum Gasteiger partial charge on any atom is -0.452 e. The summed E-state index contributed by atoms with van der Waals surface area (Å²) in [7, 11) is 1.43. The van der Waals surface area contributed by atoms with Gasteiger partial charge in [0, 0.05) is 35.0 Å². The van der Waals surface area contributed by atoms with E-state index in [9.17, 15) is 9.59 Å². The second kappa shape index (κ2) is 9.65. The van der Waals surface area contributed by atoms with Crippen molar-refractivity contribution in [2.45, 2.75) is 70.9 Å². The zero-order valence-electron chi connectivity index (χ0n) is 20.6. The van der Waals surface area contributed by atoms with Crippen LogP contribution in [0.4, 0.5) is 10.5 Å². The number of hydrogen-bond donors (Lipinski definition) is 0. The predicted molar refractivity (Wildman–Crippen MR) is 138 cm³/mol. The number of benzene rings is 2. The molecule has 7 heteroatoms. The van der Waals surface area contributed by atoms with E-state index in [0.29, 0.717) is 11.4 Å². The van der Waals surface area contributed by atoms with Crippen LogP contribution in [0.3, 0.4) is 0 Å². The first-order chi connectivity index (χ1) is 16.9. The fourth-order valence-corrected chi connectivity index (χ4v) is 6.03. The van der Waals surface area contributed by atoms with Crippen LogP contribution in [-0.4, -0.2) is 34.6 Å². The van der Waals surface area contributed by atoms with Crippen molar-refractivity contribution in [1.29, 1.82) is 0 Å². The quantitative estimate of drug-likeness (QED) is 0.415. The van der Waals surface area contributed by atoms with Crippen LogP contribution >= 0.6 is 11.6 Å². The molecule has 3 aromatic rings. The topological polar surface area (TPSA) is 64.4 Å². The molecular formula is C28H32ClN3O3. The average Bonchev–Trinajstić information content (AvgIpc) is 3.23. The highest BCUT2D eigenvalue weighted by atomic mass is 35.5. The minimum absolute atomic E-state index is 0.0673. The lowest BCUT2D eigenvalue weighted by atomic mass is 9.83. The van der Waals surface area contributed by atoms with Crippen molar-refractivity contribution in [3.8, 4) is 0 Å². The molecule has 1 saturated carbocycles. The number of halogens is 1. The molecule has 1 amide bonds. The number of amides is 1. The van der Waals surface area contributed by atoms with Crippen LogP contribution in [0, 0.1) is 5.92 Å². The van der Waals surface area contributed by atoms with Crippen LogP contribution in [0.15, 0.2) is 36.4 Å². The van der Waals surface area contributed by atoms with Crippen molar-refractivity contribution >= 4 is 40.2 Å². The summed E-state index contributed by atoms with van der Waals surface area (Å²) in [6, 6.07) is 12.3. The molecule has 1 fully saturated rings. The summed E-state index contributed by atoms with van der Waals surface area (Å²) in [4.78, 5) is 31.8. The lowest BCUT2D eigenvalue weighted by Gasteiger charge is -2.34. The van der Waals surface area contributed by atoms with Gasteiger partial charge in [-0.15, -0.1) is 0 Å². The highest BCUT2D eigenvalue weighted by Gasteiger charge is 2.33. The normalized spacial score (nSPS) is 22.2. The molecule has 2 aromatic carbocycles. The number of anilines is 1. The van der Waals surface area contributed by atoms with Crippen LogP contribution in [0.1, 0.15) is 68.9 Å². The SMILES string of the molecule is COC(=O)N1c2ccc3c(nc(Cc4ccc(Cl)cc4)n3[C@@H]3CCC[C@@H](C(C)=O)C3)c2CC[C@@H]1C. The summed E-state index contributed by atoms with van der Waals surface area (Å²) in [6.07, 6.45) is 5.94. The van der Waals surface area contributed by atoms with E-state index in [4.69, 9.17) is 21.3 Å². The van der Waals surface area contributed by atoms with Crippen LogP contribution in [-0.2, 0) is 22.4 Å². The van der Waals surface area contributed by atoms with E-state index in [1.54, 1.807) is 11.8 Å². The molecule has 6 nitrogen and oxygen atoms in total. The van der Waals surface area contributed by atoms with E-state index < -0.39 is 0 Å². The molecule has 0 bridgehead atoms. The summed E-state index contributed by atoms with van der Waals surface area (Å²) in [5, 5.41) is 0.713. The van der Waals surface area contributed by atoms with Gasteiger partial charge in [0.15, 0.2) is 0 Å². The third-order valence-electron chi connectivity index (χ3n) is 7.76. The third kappa shape index (κ3) is 4.44. The van der Waals surface area contributed by atoms with Crippen molar-refractivity contribution in [3.63, 3.8) is 0 Å². The number of methoxy groups -OCH3 is 1. The minimum atomic E-state index is -0.338. The Kier molecular flexibility index (Phi) is 6.58. The van der Waals surface area contributed by atoms with Gasteiger partial charge in [-0.1, -0.05) is 30.2 Å². The maximum atomic E-state index is 12.6. The number of imidazole rings is 1. The number of Topliss-reactive ketones (excluding diaryl/α,β-unsaturated/α-hetero) is 1. The fourth-order valence-electron chi connectivity index (χ4n) is 5.91. The molecule has 2 heterocycles. The fraction of sp³-hybridized carbons (Fsp3) is 0.464. The Morgan fingerprint density at radius 1 is 1.11 bits per heavy atom. The van der Waals surface area contributed by atoms with Crippen molar-refractivity contribution in [3.05, 3.63) is 58.4 Å². The average molecular weight is 494 g/mol. The molecular weight excluding hydrogens is 462 g/mol. The number of nitrogens with zero attached hydrogens (tertiary/aromatic N) is 3. The lowest BCUT2D eigenvalue weighted by Crippen LogP contribution is -2.42. The van der Waals surface area contributed by atoms with Gasteiger partial charge >= 0.3 is 6.09 Å². The number of aryl methyl sites for hydroxylation is 1. The van der Waals surface area contributed by atoms with Gasteiger partial charge in [0.25, 0.3) is 0 Å². The van der Waals surface area contributed by atoms with Crippen molar-refractivity contribution in [2.75, 3.05) is 12.0 Å². The Morgan fingerprint density at radius 3 is 2.60 bits per heavy atom. The van der Waals surface area contributed by atoms with Gasteiger partial charge in [0.2, 0.25) is 0 Å². The number of aromatic nitrogens is 2. The summed E-state index contributed by atoms with van der Waals surface area (Å²) >= 11 is 6.12. The highest BCUT2D eigenvalue weighted by Crippen LogP contribution is 2.41. The maximum absolute atomic E-state index is 12.6. The molecule has 1 aliphatic carbocycles. The van der Waals surface area contributed by atoms with E-state index in [-0.39, 0.29) is 29.9 Å². The first-order valence-corrected chi connectivity index (χ1v) is 12.9. The summed E-state index contributed by atoms with van der Waals surface area (Å²) < 4.78 is 7.47. The van der Waals surface area contributed by atoms with Gasteiger partial charge in [0.1, 0.15) is 11.6 Å². The smallest absolute Gasteiger partial charge is 0.414 e. The van der Waals surface area contributed by atoms with Crippen LogP contribution in [0.25, 0.3) is 11.0 Å². The second-order valence-electron chi connectivity index (χ2n) is 9.99. The number of fused-ring (bicyclic) bond motifs is 3. The summed E-state index contributed by atoms with van der Waals surface area (Å²) in [6.45, 7) is 3.77. The van der Waals surface area contributed by atoms with Gasteiger partial charge in [-0.2, -0.15) is 0 Å². The lowest BCUT2D eigenvalue weighted by molar-refractivity contribution is -0.122. The van der Waals surface area contributed by atoms with Crippen molar-refractivity contribution in [2.24, 2.45) is 5.92 Å².